The second-order valence-electron chi connectivity index (χ2n) is 5.99. The van der Waals surface area contributed by atoms with E-state index in [2.05, 4.69) is 95.6 Å². The van der Waals surface area contributed by atoms with Crippen LogP contribution in [0.25, 0.3) is 0 Å². The standard InChI is InChI=1S/C15H12Br6/c16-4-1-5(17)11-10(4)12-6(18)2-8(20)14(12)15-9(21)3-7(19)13(11)15/h4-9H,1-3H2/t4-,5-,6-,7+,8+,9-/m1/s1. The van der Waals surface area contributed by atoms with Crippen LogP contribution in [0.15, 0.2) is 0 Å². The molecule has 0 bridgehead atoms. The molecule has 114 valence electrons. The van der Waals surface area contributed by atoms with Gasteiger partial charge in [0.15, 0.2) is 0 Å². The van der Waals surface area contributed by atoms with Gasteiger partial charge in [-0.15, -0.1) is 0 Å². The molecule has 6 atom stereocenters. The molecule has 0 amide bonds. The Kier molecular flexibility index (Phi) is 4.59. The maximum absolute atomic E-state index is 3.93. The lowest BCUT2D eigenvalue weighted by atomic mass is 9.90. The number of rotatable bonds is 0. The smallest absolute Gasteiger partial charge is 0.0415 e. The van der Waals surface area contributed by atoms with Crippen molar-refractivity contribution in [1.82, 2.24) is 0 Å². The Bertz CT molecular complexity index is 471. The van der Waals surface area contributed by atoms with Gasteiger partial charge in [0.05, 0.1) is 0 Å². The van der Waals surface area contributed by atoms with Crippen LogP contribution in [0.1, 0.15) is 81.6 Å². The van der Waals surface area contributed by atoms with E-state index in [1.54, 1.807) is 33.4 Å². The highest BCUT2D eigenvalue weighted by Crippen LogP contribution is 2.65. The largest absolute Gasteiger partial charge is 0.0838 e. The van der Waals surface area contributed by atoms with Gasteiger partial charge >= 0.3 is 0 Å². The Labute approximate surface area is 175 Å². The zero-order valence-electron chi connectivity index (χ0n) is 10.9. The van der Waals surface area contributed by atoms with E-state index >= 15 is 0 Å². The predicted molar refractivity (Wildman–Crippen MR) is 110 cm³/mol. The van der Waals surface area contributed by atoms with Gasteiger partial charge in [-0.1, -0.05) is 95.6 Å². The molecule has 3 aliphatic rings. The lowest BCUT2D eigenvalue weighted by molar-refractivity contribution is 0.870. The highest BCUT2D eigenvalue weighted by atomic mass is 79.9. The summed E-state index contributed by atoms with van der Waals surface area (Å²) in [6.45, 7) is 0. The Morgan fingerprint density at radius 2 is 0.524 bits per heavy atom. The minimum Gasteiger partial charge on any atom is -0.0838 e. The van der Waals surface area contributed by atoms with Gasteiger partial charge < -0.3 is 0 Å². The summed E-state index contributed by atoms with van der Waals surface area (Å²) >= 11 is 23.6. The van der Waals surface area contributed by atoms with Gasteiger partial charge in [0.25, 0.3) is 0 Å². The average molecular weight is 672 g/mol. The van der Waals surface area contributed by atoms with E-state index in [-0.39, 0.29) is 0 Å². The van der Waals surface area contributed by atoms with Crippen LogP contribution >= 0.6 is 95.6 Å². The van der Waals surface area contributed by atoms with Crippen LogP contribution in [0.2, 0.25) is 0 Å². The lowest BCUT2D eigenvalue weighted by Gasteiger charge is -2.22. The Morgan fingerprint density at radius 1 is 0.381 bits per heavy atom. The average Bonchev–Trinajstić information content (AvgIpc) is 2.96. The van der Waals surface area contributed by atoms with E-state index in [9.17, 15) is 0 Å². The first kappa shape index (κ1) is 16.6. The summed E-state index contributed by atoms with van der Waals surface area (Å²) in [5.74, 6) is 0. The first-order valence-electron chi connectivity index (χ1n) is 6.99. The topological polar surface area (TPSA) is 0 Å². The maximum Gasteiger partial charge on any atom is 0.0415 e. The molecule has 0 saturated carbocycles. The minimum atomic E-state index is 0.461. The third-order valence-electron chi connectivity index (χ3n) is 4.86. The van der Waals surface area contributed by atoms with E-state index in [1.165, 1.54) is 0 Å². The third kappa shape index (κ3) is 2.32. The molecule has 0 unspecified atom stereocenters. The number of fused-ring (bicyclic) bond motifs is 6. The summed E-state index contributed by atoms with van der Waals surface area (Å²) in [6.07, 6.45) is 3.41. The van der Waals surface area contributed by atoms with Crippen LogP contribution in [0.5, 0.6) is 0 Å². The number of hydrogen-bond acceptors (Lipinski definition) is 0. The van der Waals surface area contributed by atoms with Crippen molar-refractivity contribution in [1.29, 1.82) is 0 Å². The maximum atomic E-state index is 3.93. The van der Waals surface area contributed by atoms with Gasteiger partial charge in [0.2, 0.25) is 0 Å². The van der Waals surface area contributed by atoms with Crippen molar-refractivity contribution in [2.75, 3.05) is 0 Å². The molecule has 0 heterocycles. The van der Waals surface area contributed by atoms with Crippen molar-refractivity contribution in [3.63, 3.8) is 0 Å². The van der Waals surface area contributed by atoms with Gasteiger partial charge in [-0.25, -0.2) is 0 Å². The summed E-state index contributed by atoms with van der Waals surface area (Å²) in [5, 5.41) is 0. The summed E-state index contributed by atoms with van der Waals surface area (Å²) in [6, 6.07) is 0. The van der Waals surface area contributed by atoms with Crippen LogP contribution < -0.4 is 0 Å². The molecular weight excluding hydrogens is 660 g/mol. The van der Waals surface area contributed by atoms with Crippen molar-refractivity contribution >= 4 is 95.6 Å². The monoisotopic (exact) mass is 666 g/mol. The molecule has 0 spiro atoms. The fourth-order valence-corrected chi connectivity index (χ4v) is 10.9. The van der Waals surface area contributed by atoms with E-state index in [0.29, 0.717) is 29.0 Å². The molecule has 3 aliphatic carbocycles. The van der Waals surface area contributed by atoms with Gasteiger partial charge in [-0.3, -0.25) is 0 Å². The molecule has 0 radical (unpaired) electrons. The first-order chi connectivity index (χ1) is 9.91. The van der Waals surface area contributed by atoms with E-state index in [0.717, 1.165) is 19.3 Å². The number of alkyl halides is 6. The van der Waals surface area contributed by atoms with Crippen molar-refractivity contribution in [3.05, 3.63) is 33.4 Å². The second-order valence-corrected chi connectivity index (χ2v) is 12.6. The van der Waals surface area contributed by atoms with Gasteiger partial charge in [0.1, 0.15) is 0 Å². The molecule has 21 heavy (non-hydrogen) atoms. The number of halogens is 6. The molecule has 1 aromatic rings. The zero-order valence-corrected chi connectivity index (χ0v) is 20.4. The van der Waals surface area contributed by atoms with E-state index < -0.39 is 0 Å². The van der Waals surface area contributed by atoms with Crippen LogP contribution in [-0.4, -0.2) is 0 Å². The van der Waals surface area contributed by atoms with Crippen LogP contribution in [0, 0.1) is 0 Å². The van der Waals surface area contributed by atoms with Gasteiger partial charge in [-0.2, -0.15) is 0 Å². The van der Waals surface area contributed by atoms with Gasteiger partial charge in [-0.05, 0) is 52.6 Å². The van der Waals surface area contributed by atoms with Crippen LogP contribution in [0.4, 0.5) is 0 Å². The first-order valence-corrected chi connectivity index (χ1v) is 12.5. The molecule has 0 nitrogen and oxygen atoms in total. The molecule has 0 aromatic heterocycles. The van der Waals surface area contributed by atoms with Crippen molar-refractivity contribution in [2.24, 2.45) is 0 Å². The van der Waals surface area contributed by atoms with Crippen molar-refractivity contribution in [3.8, 4) is 0 Å². The Morgan fingerprint density at radius 3 is 0.667 bits per heavy atom. The van der Waals surface area contributed by atoms with Gasteiger partial charge in [0, 0.05) is 29.0 Å². The van der Waals surface area contributed by atoms with E-state index in [4.69, 9.17) is 0 Å². The Hall–Kier alpha value is 2.10. The molecular formula is C15H12Br6. The summed E-state index contributed by atoms with van der Waals surface area (Å²) in [4.78, 5) is 2.77. The molecule has 1 aromatic carbocycles. The molecule has 0 saturated heterocycles. The molecule has 0 fully saturated rings. The Balaban J connectivity index is 2.12. The molecule has 4 rings (SSSR count). The summed E-state index contributed by atoms with van der Waals surface area (Å²) in [7, 11) is 0. The summed E-state index contributed by atoms with van der Waals surface area (Å²) < 4.78 is 0. The van der Waals surface area contributed by atoms with E-state index in [1.807, 2.05) is 0 Å². The normalized spacial score (nSPS) is 40.3. The molecule has 0 aliphatic heterocycles. The second kappa shape index (κ2) is 5.82. The third-order valence-corrected chi connectivity index (χ3v) is 9.85. The number of hydrogen-bond donors (Lipinski definition) is 0. The number of benzene rings is 1. The molecule has 0 N–H and O–H groups in total. The molecule has 6 heteroatoms. The minimum absolute atomic E-state index is 0.461. The SMILES string of the molecule is Br[C@@H]1C[C@@H](Br)c2c1c1c(c3c2[C@@H](Br)C[C@H]3Br)[C@@H](Br)C[C@H]1Br. The highest BCUT2D eigenvalue weighted by molar-refractivity contribution is 9.10. The predicted octanol–water partition coefficient (Wildman–Crippen LogP) is 8.51. The fraction of sp³-hybridized carbons (Fsp3) is 0.600. The van der Waals surface area contributed by atoms with Crippen molar-refractivity contribution < 1.29 is 0 Å². The van der Waals surface area contributed by atoms with Crippen LogP contribution in [-0.2, 0) is 0 Å². The fourth-order valence-electron chi connectivity index (χ4n) is 4.15. The zero-order chi connectivity index (χ0) is 15.0. The summed E-state index contributed by atoms with van der Waals surface area (Å²) in [5.41, 5.74) is 9.25. The quantitative estimate of drug-likeness (QED) is 0.243. The lowest BCUT2D eigenvalue weighted by Crippen LogP contribution is -2.04. The van der Waals surface area contributed by atoms with Crippen molar-refractivity contribution in [2.45, 2.75) is 48.2 Å². The highest BCUT2D eigenvalue weighted by Gasteiger charge is 2.46. The van der Waals surface area contributed by atoms with Crippen LogP contribution in [0.3, 0.4) is 0 Å².